The van der Waals surface area contributed by atoms with Crippen LogP contribution in [0.3, 0.4) is 0 Å². The van der Waals surface area contributed by atoms with E-state index in [1.807, 2.05) is 24.0 Å². The molecule has 1 fully saturated rings. The van der Waals surface area contributed by atoms with Crippen molar-refractivity contribution in [3.05, 3.63) is 29.3 Å². The first-order valence-corrected chi connectivity index (χ1v) is 7.81. The van der Waals surface area contributed by atoms with Crippen molar-refractivity contribution >= 4 is 11.9 Å². The average Bonchev–Trinajstić information content (AvgIpc) is 2.73. The van der Waals surface area contributed by atoms with Gasteiger partial charge in [0, 0.05) is 38.7 Å². The van der Waals surface area contributed by atoms with Crippen LogP contribution in [0.15, 0.2) is 18.2 Å². The van der Waals surface area contributed by atoms with E-state index >= 15 is 0 Å². The highest BCUT2D eigenvalue weighted by atomic mass is 16.5. The van der Waals surface area contributed by atoms with Gasteiger partial charge in [-0.05, 0) is 19.4 Å². The van der Waals surface area contributed by atoms with E-state index in [2.05, 4.69) is 0 Å². The van der Waals surface area contributed by atoms with E-state index in [4.69, 9.17) is 4.74 Å². The summed E-state index contributed by atoms with van der Waals surface area (Å²) >= 11 is 0. The molecule has 23 heavy (non-hydrogen) atoms. The number of hydrogen-bond donors (Lipinski definition) is 1. The summed E-state index contributed by atoms with van der Waals surface area (Å²) in [5.74, 6) is -0.285. The molecule has 0 radical (unpaired) electrons. The van der Waals surface area contributed by atoms with Gasteiger partial charge < -0.3 is 14.7 Å². The standard InChI is InChI=1S/C17H24N2O4/c1-12-5-6-15(23-3)14(11-12)16(17(21)22)19-8-4-7-18(9-10-19)13(2)20/h5-6,11,16H,4,7-10H2,1-3H3,(H,21,22). The quantitative estimate of drug-likeness (QED) is 0.914. The molecular weight excluding hydrogens is 296 g/mol. The summed E-state index contributed by atoms with van der Waals surface area (Å²) in [4.78, 5) is 27.2. The summed E-state index contributed by atoms with van der Waals surface area (Å²) in [6.45, 7) is 5.87. The van der Waals surface area contributed by atoms with Crippen LogP contribution in [0.2, 0.25) is 0 Å². The van der Waals surface area contributed by atoms with Crippen molar-refractivity contribution in [2.75, 3.05) is 33.3 Å². The van der Waals surface area contributed by atoms with Gasteiger partial charge in [0.2, 0.25) is 5.91 Å². The lowest BCUT2D eigenvalue weighted by Crippen LogP contribution is -2.38. The third-order valence-corrected chi connectivity index (χ3v) is 4.25. The predicted molar refractivity (Wildman–Crippen MR) is 86.6 cm³/mol. The summed E-state index contributed by atoms with van der Waals surface area (Å²) in [6, 6.07) is 4.81. The van der Waals surface area contributed by atoms with Crippen LogP contribution in [0.5, 0.6) is 5.75 Å². The Morgan fingerprint density at radius 2 is 1.96 bits per heavy atom. The van der Waals surface area contributed by atoms with E-state index < -0.39 is 12.0 Å². The summed E-state index contributed by atoms with van der Waals surface area (Å²) in [5.41, 5.74) is 1.66. The molecule has 6 nitrogen and oxygen atoms in total. The zero-order valence-corrected chi connectivity index (χ0v) is 13.9. The molecule has 1 N–H and O–H groups in total. The normalized spacial score (nSPS) is 17.4. The Hall–Kier alpha value is -2.08. The molecule has 1 aromatic carbocycles. The number of carbonyl (C=O) groups excluding carboxylic acids is 1. The second kappa shape index (κ2) is 7.46. The predicted octanol–water partition coefficient (Wildman–Crippen LogP) is 1.68. The van der Waals surface area contributed by atoms with Gasteiger partial charge in [-0.25, -0.2) is 0 Å². The second-order valence-corrected chi connectivity index (χ2v) is 5.88. The molecule has 1 aromatic rings. The Morgan fingerprint density at radius 3 is 2.57 bits per heavy atom. The fraction of sp³-hybridized carbons (Fsp3) is 0.529. The number of rotatable bonds is 4. The van der Waals surface area contributed by atoms with Crippen LogP contribution in [0.1, 0.15) is 30.5 Å². The molecule has 1 atom stereocenters. The summed E-state index contributed by atoms with van der Waals surface area (Å²) in [7, 11) is 1.55. The molecule has 1 aliphatic heterocycles. The molecule has 0 bridgehead atoms. The smallest absolute Gasteiger partial charge is 0.325 e. The Bertz CT molecular complexity index is 588. The Balaban J connectivity index is 2.30. The number of carboxylic acid groups (broad SMARTS) is 1. The second-order valence-electron chi connectivity index (χ2n) is 5.88. The fourth-order valence-corrected chi connectivity index (χ4v) is 3.06. The molecule has 0 spiro atoms. The lowest BCUT2D eigenvalue weighted by Gasteiger charge is -2.29. The van der Waals surface area contributed by atoms with E-state index in [0.717, 1.165) is 12.0 Å². The van der Waals surface area contributed by atoms with Crippen molar-refractivity contribution in [3.63, 3.8) is 0 Å². The molecule has 1 aliphatic rings. The Morgan fingerprint density at radius 1 is 1.22 bits per heavy atom. The minimum absolute atomic E-state index is 0.0341. The maximum Gasteiger partial charge on any atom is 0.325 e. The number of amides is 1. The van der Waals surface area contributed by atoms with Gasteiger partial charge >= 0.3 is 5.97 Å². The van der Waals surface area contributed by atoms with Crippen LogP contribution in [-0.2, 0) is 9.59 Å². The number of aliphatic carboxylic acids is 1. The number of carbonyl (C=O) groups is 2. The number of hydrogen-bond acceptors (Lipinski definition) is 4. The summed E-state index contributed by atoms with van der Waals surface area (Å²) in [6.07, 6.45) is 0.761. The third-order valence-electron chi connectivity index (χ3n) is 4.25. The number of benzene rings is 1. The van der Waals surface area contributed by atoms with Crippen LogP contribution in [0.25, 0.3) is 0 Å². The zero-order chi connectivity index (χ0) is 17.0. The minimum atomic E-state index is -0.898. The van der Waals surface area contributed by atoms with E-state index in [1.54, 1.807) is 25.0 Å². The molecule has 1 heterocycles. The average molecular weight is 320 g/mol. The van der Waals surface area contributed by atoms with Crippen molar-refractivity contribution in [1.29, 1.82) is 0 Å². The van der Waals surface area contributed by atoms with Gasteiger partial charge in [-0.15, -0.1) is 0 Å². The first kappa shape index (κ1) is 17.3. The van der Waals surface area contributed by atoms with Gasteiger partial charge in [0.1, 0.15) is 11.8 Å². The van der Waals surface area contributed by atoms with Crippen LogP contribution in [-0.4, -0.2) is 60.1 Å². The van der Waals surface area contributed by atoms with Crippen molar-refractivity contribution in [1.82, 2.24) is 9.80 Å². The van der Waals surface area contributed by atoms with Gasteiger partial charge in [0.15, 0.2) is 0 Å². The molecule has 0 aliphatic carbocycles. The van der Waals surface area contributed by atoms with Crippen LogP contribution in [0.4, 0.5) is 0 Å². The molecular formula is C17H24N2O4. The zero-order valence-electron chi connectivity index (χ0n) is 13.9. The van der Waals surface area contributed by atoms with Crippen LogP contribution >= 0.6 is 0 Å². The lowest BCUT2D eigenvalue weighted by molar-refractivity contribution is -0.143. The molecule has 1 amide bonds. The Kier molecular flexibility index (Phi) is 5.60. The van der Waals surface area contributed by atoms with Crippen LogP contribution < -0.4 is 4.74 Å². The summed E-state index contributed by atoms with van der Waals surface area (Å²) < 4.78 is 5.36. The van der Waals surface area contributed by atoms with E-state index in [0.29, 0.717) is 37.5 Å². The monoisotopic (exact) mass is 320 g/mol. The van der Waals surface area contributed by atoms with Gasteiger partial charge in [-0.3, -0.25) is 14.5 Å². The van der Waals surface area contributed by atoms with Gasteiger partial charge in [-0.1, -0.05) is 17.7 Å². The highest BCUT2D eigenvalue weighted by Gasteiger charge is 2.31. The highest BCUT2D eigenvalue weighted by Crippen LogP contribution is 2.31. The maximum atomic E-state index is 11.9. The Labute approximate surface area is 136 Å². The largest absolute Gasteiger partial charge is 0.496 e. The topological polar surface area (TPSA) is 70.1 Å². The number of methoxy groups -OCH3 is 1. The number of aryl methyl sites for hydroxylation is 1. The first-order chi connectivity index (χ1) is 10.9. The van der Waals surface area contributed by atoms with Gasteiger partial charge in [-0.2, -0.15) is 0 Å². The minimum Gasteiger partial charge on any atom is -0.496 e. The number of nitrogens with zero attached hydrogens (tertiary/aromatic N) is 2. The molecule has 6 heteroatoms. The van der Waals surface area contributed by atoms with Gasteiger partial charge in [0.05, 0.1) is 7.11 Å². The van der Waals surface area contributed by atoms with Gasteiger partial charge in [0.25, 0.3) is 0 Å². The first-order valence-electron chi connectivity index (χ1n) is 7.81. The molecule has 2 rings (SSSR count). The van der Waals surface area contributed by atoms with E-state index in [1.165, 1.54) is 0 Å². The van der Waals surface area contributed by atoms with E-state index in [-0.39, 0.29) is 5.91 Å². The number of ether oxygens (including phenoxy) is 1. The van der Waals surface area contributed by atoms with Crippen molar-refractivity contribution < 1.29 is 19.4 Å². The fourth-order valence-electron chi connectivity index (χ4n) is 3.06. The summed E-state index contributed by atoms with van der Waals surface area (Å²) in [5, 5.41) is 9.78. The highest BCUT2D eigenvalue weighted by molar-refractivity contribution is 5.77. The van der Waals surface area contributed by atoms with Crippen molar-refractivity contribution in [2.24, 2.45) is 0 Å². The lowest BCUT2D eigenvalue weighted by atomic mass is 10.0. The SMILES string of the molecule is COc1ccc(C)cc1C(C(=O)O)N1CCCN(C(C)=O)CC1. The molecule has 0 aromatic heterocycles. The molecule has 1 saturated heterocycles. The third kappa shape index (κ3) is 4.01. The molecule has 0 saturated carbocycles. The van der Waals surface area contributed by atoms with E-state index in [9.17, 15) is 14.7 Å². The molecule has 1 unspecified atom stereocenters. The maximum absolute atomic E-state index is 11.9. The van der Waals surface area contributed by atoms with Crippen molar-refractivity contribution in [3.8, 4) is 5.75 Å². The van der Waals surface area contributed by atoms with Crippen LogP contribution in [0, 0.1) is 6.92 Å². The van der Waals surface area contributed by atoms with Crippen molar-refractivity contribution in [2.45, 2.75) is 26.3 Å². The molecule has 126 valence electrons. The number of carboxylic acids is 1.